The molecule has 0 aliphatic carbocycles. The summed E-state index contributed by atoms with van der Waals surface area (Å²) in [6.45, 7) is 5.69. The molecule has 1 aliphatic heterocycles. The van der Waals surface area contributed by atoms with Crippen LogP contribution in [0.1, 0.15) is 40.7 Å². The number of carbonyl (C=O) groups excluding carboxylic acids is 2. The van der Waals surface area contributed by atoms with Gasteiger partial charge in [-0.1, -0.05) is 48.5 Å². The molecule has 46 heavy (non-hydrogen) atoms. The van der Waals surface area contributed by atoms with Crippen LogP contribution in [-0.4, -0.2) is 58.0 Å². The van der Waals surface area contributed by atoms with Gasteiger partial charge in [-0.3, -0.25) is 14.4 Å². The Kier molecular flexibility index (Phi) is 9.65. The zero-order chi connectivity index (χ0) is 33.0. The van der Waals surface area contributed by atoms with E-state index in [4.69, 9.17) is 17.3 Å². The van der Waals surface area contributed by atoms with Gasteiger partial charge in [-0.25, -0.2) is 0 Å². The minimum Gasteiger partial charge on any atom is -0.403 e. The molecule has 0 spiro atoms. The monoisotopic (exact) mass is 639 g/mol. The first kappa shape index (κ1) is 32.5. The largest absolute Gasteiger partial charge is 0.403 e. The highest BCUT2D eigenvalue weighted by molar-refractivity contribution is 6.30. The number of nitrogens with zero attached hydrogens (tertiary/aromatic N) is 3. The van der Waals surface area contributed by atoms with Gasteiger partial charge in [-0.2, -0.15) is 0 Å². The molecule has 1 aromatic heterocycles. The lowest BCUT2D eigenvalue weighted by atomic mass is 9.81. The number of aryl methyl sites for hydroxylation is 1. The van der Waals surface area contributed by atoms with E-state index in [0.717, 1.165) is 23.9 Å². The van der Waals surface area contributed by atoms with E-state index in [0.29, 0.717) is 64.4 Å². The summed E-state index contributed by atoms with van der Waals surface area (Å²) in [6, 6.07) is 20.9. The lowest BCUT2D eigenvalue weighted by Crippen LogP contribution is -2.37. The second kappa shape index (κ2) is 13.6. The number of aromatic nitrogens is 1. The Balaban J connectivity index is 1.52. The summed E-state index contributed by atoms with van der Waals surface area (Å²) in [6.07, 6.45) is 5.02. The van der Waals surface area contributed by atoms with Crippen LogP contribution in [0, 0.1) is 0 Å². The first-order valence-corrected chi connectivity index (χ1v) is 15.5. The SMILES string of the molecule is C=CN(C)/C(=C\N)C(O)(c1ccc(C(=O)NCCCN2CCCC2=O)cc1)c1ccc2c(c1)c(-c1cccc(Cl)c1)cc(=O)n2C. The lowest BCUT2D eigenvalue weighted by Gasteiger charge is -2.36. The molecule has 0 radical (unpaired) electrons. The van der Waals surface area contributed by atoms with Crippen molar-refractivity contribution in [3.63, 3.8) is 0 Å². The lowest BCUT2D eigenvalue weighted by molar-refractivity contribution is -0.127. The molecular formula is C36H38ClN5O4. The summed E-state index contributed by atoms with van der Waals surface area (Å²) < 4.78 is 1.55. The smallest absolute Gasteiger partial charge is 0.251 e. The molecule has 10 heteroatoms. The molecule has 1 unspecified atom stereocenters. The molecule has 5 rings (SSSR count). The second-order valence-corrected chi connectivity index (χ2v) is 11.9. The van der Waals surface area contributed by atoms with Crippen molar-refractivity contribution in [1.82, 2.24) is 19.7 Å². The van der Waals surface area contributed by atoms with Crippen molar-refractivity contribution < 1.29 is 14.7 Å². The van der Waals surface area contributed by atoms with Crippen molar-refractivity contribution in [2.24, 2.45) is 12.8 Å². The van der Waals surface area contributed by atoms with Gasteiger partial charge in [0.1, 0.15) is 0 Å². The van der Waals surface area contributed by atoms with E-state index in [9.17, 15) is 19.5 Å². The number of halogens is 1. The minimum atomic E-state index is -1.77. The van der Waals surface area contributed by atoms with Gasteiger partial charge in [0.05, 0.1) is 11.2 Å². The third-order valence-corrected chi connectivity index (χ3v) is 8.84. The number of likely N-dealkylation sites (tertiary alicyclic amines) is 1. The summed E-state index contributed by atoms with van der Waals surface area (Å²) >= 11 is 6.31. The molecule has 3 aromatic carbocycles. The number of hydrogen-bond donors (Lipinski definition) is 3. The second-order valence-electron chi connectivity index (χ2n) is 11.4. The molecule has 2 heterocycles. The number of nitrogens with two attached hydrogens (primary N) is 1. The number of aliphatic hydroxyl groups is 1. The molecule has 4 N–H and O–H groups in total. The van der Waals surface area contributed by atoms with Gasteiger partial charge < -0.3 is 30.5 Å². The number of amides is 2. The van der Waals surface area contributed by atoms with E-state index in [1.807, 2.05) is 23.1 Å². The van der Waals surface area contributed by atoms with E-state index < -0.39 is 5.60 Å². The van der Waals surface area contributed by atoms with Crippen LogP contribution in [0.15, 0.2) is 102 Å². The van der Waals surface area contributed by atoms with Crippen LogP contribution in [0.5, 0.6) is 0 Å². The fourth-order valence-corrected chi connectivity index (χ4v) is 6.20. The molecule has 238 valence electrons. The Bertz CT molecular complexity index is 1880. The molecule has 2 amide bonds. The van der Waals surface area contributed by atoms with Crippen LogP contribution in [0.2, 0.25) is 5.02 Å². The molecule has 9 nitrogen and oxygen atoms in total. The number of benzene rings is 3. The van der Waals surface area contributed by atoms with Gasteiger partial charge >= 0.3 is 0 Å². The number of fused-ring (bicyclic) bond motifs is 1. The Hall–Kier alpha value is -4.86. The van der Waals surface area contributed by atoms with Gasteiger partial charge in [-0.05, 0) is 77.7 Å². The van der Waals surface area contributed by atoms with Gasteiger partial charge in [0, 0.05) is 68.4 Å². The topological polar surface area (TPSA) is 121 Å². The van der Waals surface area contributed by atoms with Crippen molar-refractivity contribution in [3.8, 4) is 11.1 Å². The third-order valence-electron chi connectivity index (χ3n) is 8.61. The number of carbonyl (C=O) groups is 2. The standard InChI is InChI=1S/C36H38ClN5O4/c1-4-40(2)32(23-38)36(46,26-13-11-24(12-14-26)35(45)39-17-7-19-42-18-6-10-33(42)43)27-15-16-31-30(21-27)29(22-34(44)41(31)3)25-8-5-9-28(37)20-25/h4-5,8-9,11-16,20-23,46H,1,6-7,10,17-19,38H2,2-3H3,(H,39,45)/b32-23-. The predicted octanol–water partition coefficient (Wildman–Crippen LogP) is 4.71. The van der Waals surface area contributed by atoms with E-state index in [1.165, 1.54) is 6.20 Å². The maximum Gasteiger partial charge on any atom is 0.251 e. The molecular weight excluding hydrogens is 602 g/mol. The van der Waals surface area contributed by atoms with Crippen LogP contribution in [-0.2, 0) is 17.4 Å². The van der Waals surface area contributed by atoms with E-state index in [2.05, 4.69) is 11.9 Å². The first-order valence-electron chi connectivity index (χ1n) is 15.1. The molecule has 0 saturated carbocycles. The maximum atomic E-state index is 12.9. The van der Waals surface area contributed by atoms with Crippen molar-refractivity contribution in [3.05, 3.63) is 130 Å². The number of likely N-dealkylation sites (N-methyl/N-ethyl adjacent to an activating group) is 1. The molecule has 4 aromatic rings. The third kappa shape index (κ3) is 6.29. The van der Waals surface area contributed by atoms with Crippen LogP contribution in [0.4, 0.5) is 0 Å². The summed E-state index contributed by atoms with van der Waals surface area (Å²) in [4.78, 5) is 41.2. The number of hydrogen-bond acceptors (Lipinski definition) is 6. The highest BCUT2D eigenvalue weighted by Crippen LogP contribution is 2.40. The molecule has 1 fully saturated rings. The van der Waals surface area contributed by atoms with Crippen molar-refractivity contribution in [2.75, 3.05) is 26.7 Å². The molecule has 1 atom stereocenters. The Morgan fingerprint density at radius 1 is 1.11 bits per heavy atom. The number of pyridine rings is 1. The average molecular weight is 640 g/mol. The van der Waals surface area contributed by atoms with Crippen molar-refractivity contribution in [1.29, 1.82) is 0 Å². The van der Waals surface area contributed by atoms with Crippen LogP contribution >= 0.6 is 11.6 Å². The van der Waals surface area contributed by atoms with E-state index in [1.54, 1.807) is 84.4 Å². The highest BCUT2D eigenvalue weighted by atomic mass is 35.5. The number of nitrogens with one attached hydrogen (secondary N) is 1. The highest BCUT2D eigenvalue weighted by Gasteiger charge is 2.38. The Morgan fingerprint density at radius 3 is 2.50 bits per heavy atom. The number of rotatable bonds is 11. The average Bonchev–Trinajstić information content (AvgIpc) is 3.48. The molecule has 1 saturated heterocycles. The van der Waals surface area contributed by atoms with Crippen LogP contribution in [0.25, 0.3) is 22.0 Å². The zero-order valence-corrected chi connectivity index (χ0v) is 26.8. The first-order chi connectivity index (χ1) is 22.1. The fourth-order valence-electron chi connectivity index (χ4n) is 6.01. The van der Waals surface area contributed by atoms with E-state index in [-0.39, 0.29) is 17.4 Å². The summed E-state index contributed by atoms with van der Waals surface area (Å²) in [7, 11) is 3.43. The van der Waals surface area contributed by atoms with Gasteiger partial charge in [-0.15, -0.1) is 0 Å². The maximum absolute atomic E-state index is 12.9. The van der Waals surface area contributed by atoms with Crippen LogP contribution in [0.3, 0.4) is 0 Å². The van der Waals surface area contributed by atoms with Crippen molar-refractivity contribution in [2.45, 2.75) is 24.9 Å². The summed E-state index contributed by atoms with van der Waals surface area (Å²) in [5.41, 5.74) is 8.01. The van der Waals surface area contributed by atoms with Gasteiger partial charge in [0.2, 0.25) is 5.91 Å². The Labute approximate surface area is 273 Å². The van der Waals surface area contributed by atoms with Gasteiger partial charge in [0.15, 0.2) is 5.60 Å². The zero-order valence-electron chi connectivity index (χ0n) is 26.0. The fraction of sp³-hybridized carbons (Fsp3) is 0.250. The quantitative estimate of drug-likeness (QED) is 0.204. The van der Waals surface area contributed by atoms with Gasteiger partial charge in [0.25, 0.3) is 11.5 Å². The van der Waals surface area contributed by atoms with E-state index >= 15 is 0 Å². The van der Waals surface area contributed by atoms with Crippen LogP contribution < -0.4 is 16.6 Å². The summed E-state index contributed by atoms with van der Waals surface area (Å²) in [5.74, 6) is -0.0861. The van der Waals surface area contributed by atoms with Crippen molar-refractivity contribution >= 4 is 34.3 Å². The normalized spacial score (nSPS) is 14.7. The molecule has 1 aliphatic rings. The minimum absolute atomic E-state index is 0.165. The molecule has 0 bridgehead atoms. The summed E-state index contributed by atoms with van der Waals surface area (Å²) in [5, 5.41) is 16.8. The predicted molar refractivity (Wildman–Crippen MR) is 182 cm³/mol. The Morgan fingerprint density at radius 2 is 1.85 bits per heavy atom.